The first kappa shape index (κ1) is 15.5. The molecule has 1 aliphatic carbocycles. The molecule has 0 spiro atoms. The molecule has 18 heavy (non-hydrogen) atoms. The molecule has 0 amide bonds. The van der Waals surface area contributed by atoms with E-state index in [1.165, 1.54) is 0 Å². The molecule has 1 saturated carbocycles. The molecule has 1 fully saturated rings. The summed E-state index contributed by atoms with van der Waals surface area (Å²) in [5.41, 5.74) is -0.301. The number of nitriles is 1. The molecule has 0 aromatic carbocycles. The van der Waals surface area contributed by atoms with Crippen LogP contribution in [0.3, 0.4) is 0 Å². The van der Waals surface area contributed by atoms with Gasteiger partial charge >= 0.3 is 0 Å². The van der Waals surface area contributed by atoms with Crippen molar-refractivity contribution in [2.24, 2.45) is 11.8 Å². The second-order valence-corrected chi connectivity index (χ2v) is 6.02. The Labute approximate surface area is 112 Å². The fourth-order valence-corrected chi connectivity index (χ4v) is 3.14. The molecular weight excluding hydrogens is 224 g/mol. The quantitative estimate of drug-likeness (QED) is 0.757. The number of hydrogen-bond donors (Lipinski definition) is 1. The van der Waals surface area contributed by atoms with Crippen molar-refractivity contribution in [3.8, 4) is 6.07 Å². The number of nitrogens with zero attached hydrogens (tertiary/aromatic N) is 1. The van der Waals surface area contributed by atoms with E-state index in [4.69, 9.17) is 4.74 Å². The third-order valence-corrected chi connectivity index (χ3v) is 4.14. The largest absolute Gasteiger partial charge is 0.378 e. The molecule has 1 N–H and O–H groups in total. The summed E-state index contributed by atoms with van der Waals surface area (Å²) in [7, 11) is 1.91. The molecule has 3 unspecified atom stereocenters. The van der Waals surface area contributed by atoms with E-state index in [1.807, 2.05) is 7.05 Å². The van der Waals surface area contributed by atoms with E-state index in [0.717, 1.165) is 38.7 Å². The lowest BCUT2D eigenvalue weighted by Gasteiger charge is -2.28. The van der Waals surface area contributed by atoms with E-state index in [2.05, 4.69) is 32.2 Å². The van der Waals surface area contributed by atoms with Crippen molar-refractivity contribution in [1.82, 2.24) is 5.32 Å². The molecule has 0 bridgehead atoms. The molecule has 0 saturated heterocycles. The minimum absolute atomic E-state index is 0.301. The highest BCUT2D eigenvalue weighted by atomic mass is 16.5. The van der Waals surface area contributed by atoms with Gasteiger partial charge in [-0.15, -0.1) is 0 Å². The summed E-state index contributed by atoms with van der Waals surface area (Å²) < 4.78 is 5.86. The van der Waals surface area contributed by atoms with Crippen LogP contribution < -0.4 is 5.32 Å². The average molecular weight is 252 g/mol. The molecular formula is C15H28N2O. The van der Waals surface area contributed by atoms with Crippen LogP contribution >= 0.6 is 0 Å². The molecule has 3 heteroatoms. The summed E-state index contributed by atoms with van der Waals surface area (Å²) in [6.07, 6.45) is 5.72. The van der Waals surface area contributed by atoms with E-state index < -0.39 is 0 Å². The molecule has 0 aromatic heterocycles. The van der Waals surface area contributed by atoms with Crippen LogP contribution in [0.2, 0.25) is 0 Å². The summed E-state index contributed by atoms with van der Waals surface area (Å²) in [4.78, 5) is 0. The highest BCUT2D eigenvalue weighted by Gasteiger charge is 2.41. The van der Waals surface area contributed by atoms with Gasteiger partial charge in [-0.1, -0.05) is 20.3 Å². The summed E-state index contributed by atoms with van der Waals surface area (Å²) in [6.45, 7) is 7.37. The van der Waals surface area contributed by atoms with Crippen LogP contribution in [0, 0.1) is 23.2 Å². The van der Waals surface area contributed by atoms with Gasteiger partial charge in [0.05, 0.1) is 12.2 Å². The van der Waals surface area contributed by atoms with E-state index in [0.29, 0.717) is 17.9 Å². The first-order valence-electron chi connectivity index (χ1n) is 7.26. The molecule has 3 nitrogen and oxygen atoms in total. The summed E-state index contributed by atoms with van der Waals surface area (Å²) >= 11 is 0. The maximum absolute atomic E-state index is 9.36. The van der Waals surface area contributed by atoms with Crippen molar-refractivity contribution in [2.45, 2.75) is 64.5 Å². The molecule has 0 heterocycles. The Kier molecular flexibility index (Phi) is 6.11. The zero-order valence-corrected chi connectivity index (χ0v) is 12.3. The first-order chi connectivity index (χ1) is 8.54. The Morgan fingerprint density at radius 3 is 2.72 bits per heavy atom. The minimum Gasteiger partial charge on any atom is -0.378 e. The standard InChI is InChI=1S/C15H28N2O/c1-12(2)10-13(3)18-9-7-14-6-5-8-15(14,11-16)17-4/h12-14,17H,5-10H2,1-4H3. The highest BCUT2D eigenvalue weighted by molar-refractivity contribution is 5.13. The van der Waals surface area contributed by atoms with E-state index in [-0.39, 0.29) is 5.54 Å². The lowest BCUT2D eigenvalue weighted by atomic mass is 9.86. The number of rotatable bonds is 7. The lowest BCUT2D eigenvalue weighted by molar-refractivity contribution is 0.0400. The van der Waals surface area contributed by atoms with Crippen molar-refractivity contribution < 1.29 is 4.74 Å². The highest BCUT2D eigenvalue weighted by Crippen LogP contribution is 2.37. The van der Waals surface area contributed by atoms with Crippen LogP contribution in [-0.4, -0.2) is 25.3 Å². The van der Waals surface area contributed by atoms with Crippen molar-refractivity contribution in [1.29, 1.82) is 5.26 Å². The topological polar surface area (TPSA) is 45.0 Å². The molecule has 0 aliphatic heterocycles. The fraction of sp³-hybridized carbons (Fsp3) is 0.933. The predicted octanol–water partition coefficient (Wildman–Crippen LogP) is 3.11. The second kappa shape index (κ2) is 7.11. The molecule has 1 rings (SSSR count). The average Bonchev–Trinajstić information content (AvgIpc) is 2.72. The van der Waals surface area contributed by atoms with Gasteiger partial charge in [-0.25, -0.2) is 0 Å². The summed E-state index contributed by atoms with van der Waals surface area (Å²) in [5, 5.41) is 12.6. The van der Waals surface area contributed by atoms with Gasteiger partial charge in [-0.05, 0) is 51.5 Å². The Hall–Kier alpha value is -0.590. The molecule has 0 aromatic rings. The Bertz CT molecular complexity index is 285. The monoisotopic (exact) mass is 252 g/mol. The number of nitrogens with one attached hydrogen (secondary N) is 1. The van der Waals surface area contributed by atoms with Gasteiger partial charge in [0.1, 0.15) is 5.54 Å². The summed E-state index contributed by atoms with van der Waals surface area (Å²) in [6, 6.07) is 2.48. The van der Waals surface area contributed by atoms with Gasteiger partial charge in [0, 0.05) is 6.61 Å². The maximum atomic E-state index is 9.36. The van der Waals surface area contributed by atoms with Crippen LogP contribution in [-0.2, 0) is 4.74 Å². The van der Waals surface area contributed by atoms with Crippen LogP contribution in [0.15, 0.2) is 0 Å². The van der Waals surface area contributed by atoms with E-state index in [9.17, 15) is 5.26 Å². The van der Waals surface area contributed by atoms with E-state index >= 15 is 0 Å². The third-order valence-electron chi connectivity index (χ3n) is 4.14. The lowest BCUT2D eigenvalue weighted by Crippen LogP contribution is -2.45. The maximum Gasteiger partial charge on any atom is 0.109 e. The van der Waals surface area contributed by atoms with Gasteiger partial charge in [-0.3, -0.25) is 0 Å². The number of ether oxygens (including phenoxy) is 1. The van der Waals surface area contributed by atoms with Crippen LogP contribution in [0.1, 0.15) is 52.9 Å². The minimum atomic E-state index is -0.301. The van der Waals surface area contributed by atoms with Gasteiger partial charge in [0.25, 0.3) is 0 Å². The zero-order valence-electron chi connectivity index (χ0n) is 12.3. The second-order valence-electron chi connectivity index (χ2n) is 6.02. The molecule has 0 radical (unpaired) electrons. The first-order valence-corrected chi connectivity index (χ1v) is 7.26. The van der Waals surface area contributed by atoms with Crippen molar-refractivity contribution in [2.75, 3.05) is 13.7 Å². The van der Waals surface area contributed by atoms with Gasteiger partial charge < -0.3 is 10.1 Å². The normalized spacial score (nSPS) is 29.4. The van der Waals surface area contributed by atoms with Crippen molar-refractivity contribution in [3.05, 3.63) is 0 Å². The Morgan fingerprint density at radius 2 is 2.17 bits per heavy atom. The molecule has 3 atom stereocenters. The third kappa shape index (κ3) is 3.96. The van der Waals surface area contributed by atoms with Crippen LogP contribution in [0.4, 0.5) is 0 Å². The van der Waals surface area contributed by atoms with Gasteiger partial charge in [-0.2, -0.15) is 5.26 Å². The Morgan fingerprint density at radius 1 is 1.44 bits per heavy atom. The smallest absolute Gasteiger partial charge is 0.109 e. The van der Waals surface area contributed by atoms with Crippen molar-refractivity contribution in [3.63, 3.8) is 0 Å². The number of hydrogen-bond acceptors (Lipinski definition) is 3. The van der Waals surface area contributed by atoms with E-state index in [1.54, 1.807) is 0 Å². The summed E-state index contributed by atoms with van der Waals surface area (Å²) in [5.74, 6) is 1.13. The predicted molar refractivity (Wildman–Crippen MR) is 74.2 cm³/mol. The Balaban J connectivity index is 2.33. The fourth-order valence-electron chi connectivity index (χ4n) is 3.14. The van der Waals surface area contributed by atoms with Crippen LogP contribution in [0.5, 0.6) is 0 Å². The van der Waals surface area contributed by atoms with Gasteiger partial charge in [0.15, 0.2) is 0 Å². The zero-order chi connectivity index (χ0) is 13.6. The van der Waals surface area contributed by atoms with Crippen LogP contribution in [0.25, 0.3) is 0 Å². The molecule has 104 valence electrons. The van der Waals surface area contributed by atoms with Gasteiger partial charge in [0.2, 0.25) is 0 Å². The SMILES string of the molecule is CNC1(C#N)CCCC1CCOC(C)CC(C)C. The van der Waals surface area contributed by atoms with Crippen molar-refractivity contribution >= 4 is 0 Å². The molecule has 1 aliphatic rings.